The fourth-order valence-electron chi connectivity index (χ4n) is 5.84. The highest BCUT2D eigenvalue weighted by molar-refractivity contribution is 5.42. The molecule has 2 aliphatic rings. The van der Waals surface area contributed by atoms with Crippen LogP contribution < -0.4 is 19.5 Å². The third-order valence-corrected chi connectivity index (χ3v) is 8.13. The van der Waals surface area contributed by atoms with Crippen LogP contribution in [0.3, 0.4) is 0 Å². The van der Waals surface area contributed by atoms with Crippen molar-refractivity contribution in [1.29, 1.82) is 0 Å². The van der Waals surface area contributed by atoms with E-state index in [9.17, 15) is 5.11 Å². The van der Waals surface area contributed by atoms with Crippen molar-refractivity contribution in [2.45, 2.75) is 69.2 Å². The van der Waals surface area contributed by atoms with Crippen molar-refractivity contribution in [3.63, 3.8) is 0 Å². The summed E-state index contributed by atoms with van der Waals surface area (Å²) in [5.41, 5.74) is 2.41. The SMILES string of the molecule is COCCc1ccc(OCC(O)CN[C@@H]2CCN(C3CCCCC3OCCc3ccc(OC)c(OC)c3)C2)cc1. The lowest BCUT2D eigenvalue weighted by Gasteiger charge is -2.38. The molecule has 1 aliphatic carbocycles. The predicted molar refractivity (Wildman–Crippen MR) is 157 cm³/mol. The Hall–Kier alpha value is -2.36. The molecule has 3 unspecified atom stereocenters. The number of nitrogens with one attached hydrogen (secondary N) is 1. The number of aliphatic hydroxyl groups is 1. The van der Waals surface area contributed by atoms with Gasteiger partial charge in [-0.3, -0.25) is 4.90 Å². The van der Waals surface area contributed by atoms with Crippen molar-refractivity contribution in [3.05, 3.63) is 53.6 Å². The summed E-state index contributed by atoms with van der Waals surface area (Å²) in [5.74, 6) is 2.29. The monoisotopic (exact) mass is 556 g/mol. The van der Waals surface area contributed by atoms with E-state index >= 15 is 0 Å². The Labute approximate surface area is 239 Å². The average Bonchev–Trinajstić information content (AvgIpc) is 3.47. The molecule has 8 heteroatoms. The molecule has 2 fully saturated rings. The Bertz CT molecular complexity index is 1000. The molecular weight excluding hydrogens is 508 g/mol. The number of likely N-dealkylation sites (tertiary alicyclic amines) is 1. The fraction of sp³-hybridized carbons (Fsp3) is 0.625. The molecule has 1 saturated carbocycles. The molecule has 1 saturated heterocycles. The van der Waals surface area contributed by atoms with Crippen LogP contribution in [0.1, 0.15) is 43.2 Å². The fourth-order valence-corrected chi connectivity index (χ4v) is 5.84. The molecule has 0 amide bonds. The molecule has 0 spiro atoms. The average molecular weight is 557 g/mol. The van der Waals surface area contributed by atoms with E-state index < -0.39 is 6.10 Å². The summed E-state index contributed by atoms with van der Waals surface area (Å²) in [6.07, 6.45) is 7.35. The molecule has 4 atom stereocenters. The van der Waals surface area contributed by atoms with Gasteiger partial charge in [-0.15, -0.1) is 0 Å². The van der Waals surface area contributed by atoms with Crippen molar-refractivity contribution in [2.75, 3.05) is 60.8 Å². The minimum Gasteiger partial charge on any atom is -0.493 e. The number of ether oxygens (including phenoxy) is 5. The number of nitrogens with zero attached hydrogens (tertiary/aromatic N) is 1. The minimum absolute atomic E-state index is 0.271. The van der Waals surface area contributed by atoms with Gasteiger partial charge in [0, 0.05) is 38.8 Å². The van der Waals surface area contributed by atoms with Crippen molar-refractivity contribution in [2.24, 2.45) is 0 Å². The van der Waals surface area contributed by atoms with Gasteiger partial charge < -0.3 is 34.1 Å². The molecule has 40 heavy (non-hydrogen) atoms. The molecule has 1 aliphatic heterocycles. The zero-order chi connectivity index (χ0) is 28.2. The summed E-state index contributed by atoms with van der Waals surface area (Å²) in [6, 6.07) is 14.9. The van der Waals surface area contributed by atoms with Crippen LogP contribution in [-0.4, -0.2) is 95.1 Å². The highest BCUT2D eigenvalue weighted by atomic mass is 16.5. The van der Waals surface area contributed by atoms with Crippen molar-refractivity contribution < 1.29 is 28.8 Å². The van der Waals surface area contributed by atoms with E-state index in [1.807, 2.05) is 36.4 Å². The van der Waals surface area contributed by atoms with Crippen molar-refractivity contribution in [1.82, 2.24) is 10.2 Å². The van der Waals surface area contributed by atoms with Gasteiger partial charge in [0.1, 0.15) is 18.5 Å². The Morgan fingerprint density at radius 3 is 2.42 bits per heavy atom. The molecule has 0 bridgehead atoms. The number of hydrogen-bond donors (Lipinski definition) is 2. The molecule has 4 rings (SSSR count). The lowest BCUT2D eigenvalue weighted by atomic mass is 9.91. The molecule has 2 aromatic carbocycles. The van der Waals surface area contributed by atoms with Crippen LogP contribution in [0.5, 0.6) is 17.2 Å². The van der Waals surface area contributed by atoms with Crippen LogP contribution in [0.15, 0.2) is 42.5 Å². The first-order valence-electron chi connectivity index (χ1n) is 14.8. The van der Waals surface area contributed by atoms with E-state index in [1.54, 1.807) is 21.3 Å². The summed E-state index contributed by atoms with van der Waals surface area (Å²) < 4.78 is 28.2. The zero-order valence-corrected chi connectivity index (χ0v) is 24.5. The van der Waals surface area contributed by atoms with E-state index in [1.165, 1.54) is 30.4 Å². The molecule has 2 aromatic rings. The first-order chi connectivity index (χ1) is 19.6. The Balaban J connectivity index is 1.16. The lowest BCUT2D eigenvalue weighted by molar-refractivity contribution is -0.0296. The standard InChI is InChI=1S/C32H48N2O6/c1-36-18-15-24-8-11-28(12-9-24)40-23-27(35)21-33-26-14-17-34(22-26)29-6-4-5-7-30(29)39-19-16-25-10-13-31(37-2)32(20-25)38-3/h8-13,20,26-27,29-30,33,35H,4-7,14-19,21-23H2,1-3H3/t26-,27?,29?,30?/m1/s1. The zero-order valence-electron chi connectivity index (χ0n) is 24.5. The maximum atomic E-state index is 10.5. The number of rotatable bonds is 16. The van der Waals surface area contributed by atoms with E-state index in [0.717, 1.165) is 56.0 Å². The molecule has 0 aromatic heterocycles. The Morgan fingerprint density at radius 2 is 1.65 bits per heavy atom. The smallest absolute Gasteiger partial charge is 0.160 e. The first-order valence-corrected chi connectivity index (χ1v) is 14.8. The van der Waals surface area contributed by atoms with Crippen LogP contribution in [0, 0.1) is 0 Å². The van der Waals surface area contributed by atoms with E-state index in [-0.39, 0.29) is 12.7 Å². The third kappa shape index (κ3) is 9.08. The van der Waals surface area contributed by atoms with Crippen molar-refractivity contribution >= 4 is 0 Å². The number of methoxy groups -OCH3 is 3. The Morgan fingerprint density at radius 1 is 0.900 bits per heavy atom. The first kappa shape index (κ1) is 30.6. The third-order valence-electron chi connectivity index (χ3n) is 8.13. The van der Waals surface area contributed by atoms with Gasteiger partial charge in [0.05, 0.1) is 33.5 Å². The summed E-state index contributed by atoms with van der Waals surface area (Å²) in [5, 5.41) is 14.1. The maximum absolute atomic E-state index is 10.5. The summed E-state index contributed by atoms with van der Waals surface area (Å²) in [7, 11) is 5.04. The second kappa shape index (κ2) is 16.2. The van der Waals surface area contributed by atoms with E-state index in [0.29, 0.717) is 31.8 Å². The van der Waals surface area contributed by atoms with Gasteiger partial charge in [-0.1, -0.05) is 31.0 Å². The summed E-state index contributed by atoms with van der Waals surface area (Å²) >= 11 is 0. The maximum Gasteiger partial charge on any atom is 0.160 e. The number of hydrogen-bond acceptors (Lipinski definition) is 8. The summed E-state index contributed by atoms with van der Waals surface area (Å²) in [4.78, 5) is 2.60. The highest BCUT2D eigenvalue weighted by Gasteiger charge is 2.35. The van der Waals surface area contributed by atoms with E-state index in [2.05, 4.69) is 16.3 Å². The second-order valence-corrected chi connectivity index (χ2v) is 10.9. The van der Waals surface area contributed by atoms with Gasteiger partial charge in [-0.2, -0.15) is 0 Å². The largest absolute Gasteiger partial charge is 0.493 e. The molecule has 222 valence electrons. The van der Waals surface area contributed by atoms with Crippen LogP contribution in [-0.2, 0) is 22.3 Å². The second-order valence-electron chi connectivity index (χ2n) is 10.9. The Kier molecular flexibility index (Phi) is 12.4. The van der Waals surface area contributed by atoms with Crippen LogP contribution in [0.2, 0.25) is 0 Å². The van der Waals surface area contributed by atoms with Gasteiger partial charge in [-0.05, 0) is 67.5 Å². The van der Waals surface area contributed by atoms with Gasteiger partial charge in [0.25, 0.3) is 0 Å². The highest BCUT2D eigenvalue weighted by Crippen LogP contribution is 2.30. The number of benzene rings is 2. The minimum atomic E-state index is -0.551. The quantitative estimate of drug-likeness (QED) is 0.323. The molecule has 0 radical (unpaired) electrons. The van der Waals surface area contributed by atoms with Crippen LogP contribution in [0.25, 0.3) is 0 Å². The topological polar surface area (TPSA) is 81.7 Å². The predicted octanol–water partition coefficient (Wildman–Crippen LogP) is 3.87. The van der Waals surface area contributed by atoms with Crippen LogP contribution in [0.4, 0.5) is 0 Å². The molecule has 8 nitrogen and oxygen atoms in total. The van der Waals surface area contributed by atoms with Gasteiger partial charge in [0.15, 0.2) is 11.5 Å². The normalized spacial score (nSPS) is 22.2. The molecular formula is C32H48N2O6. The van der Waals surface area contributed by atoms with Crippen molar-refractivity contribution in [3.8, 4) is 17.2 Å². The lowest BCUT2D eigenvalue weighted by Crippen LogP contribution is -2.47. The number of aliphatic hydroxyl groups excluding tert-OH is 1. The summed E-state index contributed by atoms with van der Waals surface area (Å²) in [6.45, 7) is 4.28. The molecule has 1 heterocycles. The van der Waals surface area contributed by atoms with Gasteiger partial charge in [0.2, 0.25) is 0 Å². The van der Waals surface area contributed by atoms with E-state index in [4.69, 9.17) is 23.7 Å². The molecule has 2 N–H and O–H groups in total. The van der Waals surface area contributed by atoms with Crippen LogP contribution >= 0.6 is 0 Å². The van der Waals surface area contributed by atoms with Gasteiger partial charge >= 0.3 is 0 Å². The van der Waals surface area contributed by atoms with Gasteiger partial charge in [-0.25, -0.2) is 0 Å².